The number of unbranched alkanes of at least 4 members (excludes halogenated alkanes) is 18. The number of rotatable bonds is 38. The van der Waals surface area contributed by atoms with Crippen LogP contribution in [-0.2, 0) is 32.7 Å². The summed E-state index contributed by atoms with van der Waals surface area (Å²) in [5, 5.41) is 0. The largest absolute Gasteiger partial charge is 0.756 e. The molecule has 10 heteroatoms. The molecule has 0 aliphatic heterocycles. The lowest BCUT2D eigenvalue weighted by molar-refractivity contribution is -0.870. The van der Waals surface area contributed by atoms with Crippen LogP contribution in [0.15, 0.2) is 36.5 Å². The summed E-state index contributed by atoms with van der Waals surface area (Å²) in [6.07, 6.45) is 38.8. The van der Waals surface area contributed by atoms with E-state index in [1.807, 2.05) is 21.1 Å². The predicted molar refractivity (Wildman–Crippen MR) is 217 cm³/mol. The smallest absolute Gasteiger partial charge is 0.306 e. The van der Waals surface area contributed by atoms with Crippen LogP contribution in [0.2, 0.25) is 0 Å². The number of phosphoric ester groups is 1. The molecule has 0 aromatic heterocycles. The van der Waals surface area contributed by atoms with Gasteiger partial charge in [-0.15, -0.1) is 0 Å². The summed E-state index contributed by atoms with van der Waals surface area (Å²) in [4.78, 5) is 37.4. The Morgan fingerprint density at radius 3 is 1.58 bits per heavy atom. The standard InChI is InChI=1S/C43H80NO8P/c1-6-8-10-12-14-16-18-20-21-22-24-26-28-30-32-34-36-43(46)52-41(40-51-53(47,48)50-38-37-44(3,4)5)39-49-42(45)35-33-31-29-27-25-23-19-17-15-13-11-9-7-2/h10,12,16,18,21-22,41H,6-9,11,13-15,17,19-20,23-40H2,1-5H3/b12-10-,18-16-,22-21-. The molecular formula is C43H80NO8P. The van der Waals surface area contributed by atoms with Crippen LogP contribution in [-0.4, -0.2) is 70.0 Å². The Bertz CT molecular complexity index is 1010. The molecule has 0 fully saturated rings. The quantitative estimate of drug-likeness (QED) is 0.0201. The summed E-state index contributed by atoms with van der Waals surface area (Å²) in [5.74, 6) is -0.852. The molecule has 53 heavy (non-hydrogen) atoms. The summed E-state index contributed by atoms with van der Waals surface area (Å²) < 4.78 is 33.8. The summed E-state index contributed by atoms with van der Waals surface area (Å²) >= 11 is 0. The number of allylic oxidation sites excluding steroid dienone is 6. The predicted octanol–water partition coefficient (Wildman–Crippen LogP) is 11.1. The minimum Gasteiger partial charge on any atom is -0.756 e. The van der Waals surface area contributed by atoms with Gasteiger partial charge in [-0.2, -0.15) is 0 Å². The number of ether oxygens (including phenoxy) is 2. The molecule has 2 unspecified atom stereocenters. The van der Waals surface area contributed by atoms with Crippen LogP contribution < -0.4 is 4.89 Å². The Kier molecular flexibility index (Phi) is 34.7. The average molecular weight is 770 g/mol. The van der Waals surface area contributed by atoms with Gasteiger partial charge in [0.05, 0.1) is 27.7 Å². The van der Waals surface area contributed by atoms with E-state index >= 15 is 0 Å². The maximum absolute atomic E-state index is 12.6. The lowest BCUT2D eigenvalue weighted by atomic mass is 10.0. The van der Waals surface area contributed by atoms with Crippen molar-refractivity contribution in [2.45, 2.75) is 180 Å². The van der Waals surface area contributed by atoms with Crippen molar-refractivity contribution >= 4 is 19.8 Å². The number of phosphoric acid groups is 1. The van der Waals surface area contributed by atoms with Gasteiger partial charge in [0.25, 0.3) is 7.82 Å². The van der Waals surface area contributed by atoms with E-state index in [1.54, 1.807) is 0 Å². The molecule has 0 N–H and O–H groups in total. The highest BCUT2D eigenvalue weighted by Crippen LogP contribution is 2.38. The van der Waals surface area contributed by atoms with Crippen LogP contribution >= 0.6 is 7.82 Å². The fraction of sp³-hybridized carbons (Fsp3) is 0.814. The van der Waals surface area contributed by atoms with Gasteiger partial charge in [0, 0.05) is 12.8 Å². The van der Waals surface area contributed by atoms with Gasteiger partial charge in [0.15, 0.2) is 6.10 Å². The van der Waals surface area contributed by atoms with Gasteiger partial charge >= 0.3 is 11.9 Å². The number of hydrogen-bond acceptors (Lipinski definition) is 8. The first-order chi connectivity index (χ1) is 25.5. The van der Waals surface area contributed by atoms with Gasteiger partial charge < -0.3 is 27.9 Å². The second-order valence-electron chi connectivity index (χ2n) is 15.4. The third-order valence-corrected chi connectivity index (χ3v) is 9.86. The van der Waals surface area contributed by atoms with Crippen molar-refractivity contribution in [1.29, 1.82) is 0 Å². The third-order valence-electron chi connectivity index (χ3n) is 8.89. The van der Waals surface area contributed by atoms with Gasteiger partial charge in [-0.3, -0.25) is 14.2 Å². The molecular weight excluding hydrogens is 689 g/mol. The van der Waals surface area contributed by atoms with E-state index in [0.29, 0.717) is 17.4 Å². The fourth-order valence-corrected chi connectivity index (χ4v) is 6.28. The van der Waals surface area contributed by atoms with Gasteiger partial charge in [-0.25, -0.2) is 0 Å². The molecule has 0 spiro atoms. The van der Waals surface area contributed by atoms with Crippen molar-refractivity contribution in [3.8, 4) is 0 Å². The number of likely N-dealkylation sites (N-methyl/N-ethyl adjacent to an activating group) is 1. The van der Waals surface area contributed by atoms with E-state index in [1.165, 1.54) is 70.6 Å². The van der Waals surface area contributed by atoms with E-state index in [-0.39, 0.29) is 32.0 Å². The molecule has 0 saturated heterocycles. The number of nitrogens with zero attached hydrogens (tertiary/aromatic N) is 1. The first-order valence-corrected chi connectivity index (χ1v) is 22.7. The Labute approximate surface area is 325 Å². The maximum Gasteiger partial charge on any atom is 0.306 e. The Hall–Kier alpha value is -1.77. The SMILES string of the molecule is CCC/C=C\C/C=C\C/C=C\CCCCCCCC(=O)OC(COC(=O)CCCCCCCCCCCCCCC)COP(=O)([O-])OCC[N+](C)(C)C. The van der Waals surface area contributed by atoms with Crippen molar-refractivity contribution in [2.75, 3.05) is 47.5 Å². The molecule has 0 aliphatic carbocycles. The third kappa shape index (κ3) is 39.7. The molecule has 9 nitrogen and oxygen atoms in total. The number of esters is 2. The minimum absolute atomic E-state index is 0.0340. The first-order valence-electron chi connectivity index (χ1n) is 21.2. The zero-order valence-electron chi connectivity index (χ0n) is 34.7. The lowest BCUT2D eigenvalue weighted by Gasteiger charge is -2.28. The van der Waals surface area contributed by atoms with E-state index in [0.717, 1.165) is 70.6 Å². The molecule has 0 bridgehead atoms. The Morgan fingerprint density at radius 1 is 0.585 bits per heavy atom. The number of carbonyl (C=O) groups excluding carboxylic acids is 2. The zero-order chi connectivity index (χ0) is 39.3. The minimum atomic E-state index is -4.62. The van der Waals surface area contributed by atoms with Crippen LogP contribution in [0.4, 0.5) is 0 Å². The van der Waals surface area contributed by atoms with Gasteiger partial charge in [0.1, 0.15) is 19.8 Å². The molecule has 0 aliphatic rings. The van der Waals surface area contributed by atoms with Crippen molar-refractivity contribution in [2.24, 2.45) is 0 Å². The van der Waals surface area contributed by atoms with Crippen molar-refractivity contribution in [3.05, 3.63) is 36.5 Å². The molecule has 0 radical (unpaired) electrons. The fourth-order valence-electron chi connectivity index (χ4n) is 5.55. The van der Waals surface area contributed by atoms with Gasteiger partial charge in [-0.05, 0) is 44.9 Å². The van der Waals surface area contributed by atoms with E-state index in [2.05, 4.69) is 50.3 Å². The van der Waals surface area contributed by atoms with Crippen molar-refractivity contribution < 1.29 is 42.1 Å². The van der Waals surface area contributed by atoms with Crippen LogP contribution in [0.5, 0.6) is 0 Å². The molecule has 310 valence electrons. The lowest BCUT2D eigenvalue weighted by Crippen LogP contribution is -2.37. The summed E-state index contributed by atoms with van der Waals surface area (Å²) in [6, 6.07) is 0. The topological polar surface area (TPSA) is 111 Å². The number of hydrogen-bond donors (Lipinski definition) is 0. The average Bonchev–Trinajstić information content (AvgIpc) is 3.10. The number of carbonyl (C=O) groups is 2. The van der Waals surface area contributed by atoms with Crippen LogP contribution in [0.25, 0.3) is 0 Å². The normalized spacial score (nSPS) is 14.0. The van der Waals surface area contributed by atoms with E-state index < -0.39 is 26.5 Å². The molecule has 0 heterocycles. The molecule has 0 aromatic carbocycles. The van der Waals surface area contributed by atoms with Gasteiger partial charge in [-0.1, -0.05) is 153 Å². The highest BCUT2D eigenvalue weighted by molar-refractivity contribution is 7.45. The second-order valence-corrected chi connectivity index (χ2v) is 16.8. The number of quaternary nitrogens is 1. The molecule has 0 rings (SSSR count). The van der Waals surface area contributed by atoms with E-state index in [9.17, 15) is 19.0 Å². The molecule has 0 aromatic rings. The molecule has 0 saturated carbocycles. The van der Waals surface area contributed by atoms with Crippen LogP contribution in [0, 0.1) is 0 Å². The zero-order valence-corrected chi connectivity index (χ0v) is 35.6. The van der Waals surface area contributed by atoms with Crippen molar-refractivity contribution in [3.63, 3.8) is 0 Å². The highest BCUT2D eigenvalue weighted by Gasteiger charge is 2.21. The van der Waals surface area contributed by atoms with Crippen LogP contribution in [0.3, 0.4) is 0 Å². The van der Waals surface area contributed by atoms with Crippen LogP contribution in [0.1, 0.15) is 174 Å². The van der Waals surface area contributed by atoms with Crippen molar-refractivity contribution in [1.82, 2.24) is 0 Å². The highest BCUT2D eigenvalue weighted by atomic mass is 31.2. The monoisotopic (exact) mass is 770 g/mol. The Morgan fingerprint density at radius 2 is 1.06 bits per heavy atom. The maximum atomic E-state index is 12.6. The Balaban J connectivity index is 4.41. The van der Waals surface area contributed by atoms with E-state index in [4.69, 9.17) is 18.5 Å². The first kappa shape index (κ1) is 51.2. The summed E-state index contributed by atoms with van der Waals surface area (Å²) in [6.45, 7) is 4.13. The second kappa shape index (κ2) is 35.9. The molecule has 0 amide bonds. The summed E-state index contributed by atoms with van der Waals surface area (Å²) in [5.41, 5.74) is 0. The van der Waals surface area contributed by atoms with Gasteiger partial charge in [0.2, 0.25) is 0 Å². The molecule has 2 atom stereocenters. The summed E-state index contributed by atoms with van der Waals surface area (Å²) in [7, 11) is 1.15.